The fraction of sp³-hybridized carbons (Fsp3) is 0.250. The molecule has 0 saturated heterocycles. The van der Waals surface area contributed by atoms with Crippen molar-refractivity contribution in [2.24, 2.45) is 0 Å². The van der Waals surface area contributed by atoms with E-state index in [1.54, 1.807) is 6.92 Å². The van der Waals surface area contributed by atoms with Crippen LogP contribution < -0.4 is 5.32 Å². The van der Waals surface area contributed by atoms with Gasteiger partial charge in [-0.2, -0.15) is 0 Å². The fourth-order valence-corrected chi connectivity index (χ4v) is 5.01. The minimum absolute atomic E-state index is 0.0881. The molecule has 3 rings (SSSR count). The summed E-state index contributed by atoms with van der Waals surface area (Å²) in [6, 6.07) is 13.5. The number of esters is 1. The Hall–Kier alpha value is -3.01. The number of anilines is 1. The summed E-state index contributed by atoms with van der Waals surface area (Å²) in [7, 11) is -0.709. The second-order valence-corrected chi connectivity index (χ2v) is 10.4. The molecule has 1 aromatic heterocycles. The molecule has 0 aliphatic heterocycles. The lowest BCUT2D eigenvalue weighted by atomic mass is 10.0. The number of thiophene rings is 1. The van der Waals surface area contributed by atoms with E-state index >= 15 is 0 Å². The Morgan fingerprint density at radius 3 is 2.18 bits per heavy atom. The molecule has 0 saturated carbocycles. The average Bonchev–Trinajstić information content (AvgIpc) is 3.22. The smallest absolute Gasteiger partial charge is 0.341 e. The highest BCUT2D eigenvalue weighted by Gasteiger charge is 2.24. The normalized spacial score (nSPS) is 11.4. The molecular formula is C24H26N2O5S2. The van der Waals surface area contributed by atoms with E-state index in [9.17, 15) is 18.0 Å². The lowest BCUT2D eigenvalue weighted by Gasteiger charge is -2.12. The van der Waals surface area contributed by atoms with Crippen molar-refractivity contribution < 1.29 is 22.7 Å². The van der Waals surface area contributed by atoms with E-state index in [2.05, 4.69) is 12.2 Å². The number of nitrogens with zero attached hydrogens (tertiary/aromatic N) is 1. The van der Waals surface area contributed by atoms with Gasteiger partial charge in [0.05, 0.1) is 11.5 Å². The second kappa shape index (κ2) is 10.3. The number of benzene rings is 2. The van der Waals surface area contributed by atoms with Gasteiger partial charge in [-0.05, 0) is 48.7 Å². The van der Waals surface area contributed by atoms with E-state index in [-0.39, 0.29) is 17.1 Å². The van der Waals surface area contributed by atoms with Crippen LogP contribution in [0.2, 0.25) is 0 Å². The number of nitrogens with one attached hydrogen (secondary N) is 1. The molecule has 0 fully saturated rings. The first-order chi connectivity index (χ1) is 15.7. The lowest BCUT2D eigenvalue weighted by Crippen LogP contribution is -2.22. The Morgan fingerprint density at radius 1 is 1.00 bits per heavy atom. The minimum Gasteiger partial charge on any atom is -0.462 e. The van der Waals surface area contributed by atoms with E-state index in [1.165, 1.54) is 55.3 Å². The summed E-state index contributed by atoms with van der Waals surface area (Å²) in [5, 5.41) is 4.97. The maximum absolute atomic E-state index is 12.9. The van der Waals surface area contributed by atoms with E-state index in [4.69, 9.17) is 4.74 Å². The van der Waals surface area contributed by atoms with Gasteiger partial charge in [0.15, 0.2) is 0 Å². The zero-order valence-electron chi connectivity index (χ0n) is 18.9. The van der Waals surface area contributed by atoms with Crippen molar-refractivity contribution in [3.05, 3.63) is 70.6 Å². The van der Waals surface area contributed by atoms with Gasteiger partial charge in [0, 0.05) is 30.6 Å². The highest BCUT2D eigenvalue weighted by molar-refractivity contribution is 7.89. The molecule has 0 radical (unpaired) electrons. The summed E-state index contributed by atoms with van der Waals surface area (Å²) in [5.41, 5.74) is 3.28. The molecule has 1 N–H and O–H groups in total. The van der Waals surface area contributed by atoms with E-state index in [0.717, 1.165) is 16.3 Å². The quantitative estimate of drug-likeness (QED) is 0.468. The molecule has 0 unspecified atom stereocenters. The van der Waals surface area contributed by atoms with Gasteiger partial charge in [-0.25, -0.2) is 17.5 Å². The number of hydrogen-bond acceptors (Lipinski definition) is 6. The van der Waals surface area contributed by atoms with E-state index in [0.29, 0.717) is 16.1 Å². The Balaban J connectivity index is 1.92. The van der Waals surface area contributed by atoms with Crippen molar-refractivity contribution in [2.75, 3.05) is 26.0 Å². The monoisotopic (exact) mass is 486 g/mol. The van der Waals surface area contributed by atoms with Crippen molar-refractivity contribution in [2.45, 2.75) is 25.2 Å². The predicted octanol–water partition coefficient (Wildman–Crippen LogP) is 4.66. The standard InChI is InChI=1S/C24H26N2O5S2/c1-5-16-7-9-17(10-8-16)20-15-32-23(21(20)24(28)31-6-2)25-22(27)18-11-13-19(14-12-18)33(29,30)26(3)4/h7-15H,5-6H2,1-4H3,(H,25,27). The first-order valence-corrected chi connectivity index (χ1v) is 12.7. The van der Waals surface area contributed by atoms with Gasteiger partial charge in [-0.1, -0.05) is 31.2 Å². The first-order valence-electron chi connectivity index (χ1n) is 10.4. The highest BCUT2D eigenvalue weighted by Crippen LogP contribution is 2.36. The zero-order chi connectivity index (χ0) is 24.2. The predicted molar refractivity (Wildman–Crippen MR) is 130 cm³/mol. The Bertz CT molecular complexity index is 1250. The van der Waals surface area contributed by atoms with Gasteiger partial charge in [0.1, 0.15) is 10.6 Å². The van der Waals surface area contributed by atoms with Gasteiger partial charge < -0.3 is 10.1 Å². The number of rotatable bonds is 8. The van der Waals surface area contributed by atoms with Gasteiger partial charge in [0.2, 0.25) is 10.0 Å². The molecule has 0 spiro atoms. The number of aryl methyl sites for hydroxylation is 1. The molecule has 0 bridgehead atoms. The van der Waals surface area contributed by atoms with Crippen LogP contribution in [0.3, 0.4) is 0 Å². The number of carbonyl (C=O) groups excluding carboxylic acids is 2. The fourth-order valence-electron chi connectivity index (χ4n) is 3.15. The largest absolute Gasteiger partial charge is 0.462 e. The Kier molecular flexibility index (Phi) is 7.68. The molecule has 2 aromatic carbocycles. The van der Waals surface area contributed by atoms with Crippen molar-refractivity contribution in [3.63, 3.8) is 0 Å². The number of sulfonamides is 1. The van der Waals surface area contributed by atoms with Gasteiger partial charge in [-0.3, -0.25) is 4.79 Å². The van der Waals surface area contributed by atoms with Crippen LogP contribution in [-0.2, 0) is 21.2 Å². The average molecular weight is 487 g/mol. The van der Waals surface area contributed by atoms with Crippen LogP contribution in [0.15, 0.2) is 58.8 Å². The minimum atomic E-state index is -3.59. The number of ether oxygens (including phenoxy) is 1. The molecule has 0 aliphatic rings. The summed E-state index contributed by atoms with van der Waals surface area (Å²) in [4.78, 5) is 25.7. The van der Waals surface area contributed by atoms with Crippen LogP contribution in [-0.4, -0.2) is 45.3 Å². The van der Waals surface area contributed by atoms with Gasteiger partial charge >= 0.3 is 5.97 Å². The molecule has 1 amide bonds. The van der Waals surface area contributed by atoms with Crippen molar-refractivity contribution in [1.82, 2.24) is 4.31 Å². The zero-order valence-corrected chi connectivity index (χ0v) is 20.5. The Morgan fingerprint density at radius 2 is 1.64 bits per heavy atom. The Labute approximate surface area is 198 Å². The molecule has 9 heteroatoms. The topological polar surface area (TPSA) is 92.8 Å². The third-order valence-corrected chi connectivity index (χ3v) is 7.79. The third-order valence-electron chi connectivity index (χ3n) is 5.07. The lowest BCUT2D eigenvalue weighted by molar-refractivity contribution is 0.0529. The molecule has 174 valence electrons. The third kappa shape index (κ3) is 5.32. The molecular weight excluding hydrogens is 460 g/mol. The van der Waals surface area contributed by atoms with Crippen molar-refractivity contribution in [1.29, 1.82) is 0 Å². The maximum atomic E-state index is 12.9. The molecule has 33 heavy (non-hydrogen) atoms. The van der Waals surface area contributed by atoms with Crippen LogP contribution >= 0.6 is 11.3 Å². The van der Waals surface area contributed by atoms with Crippen LogP contribution in [0.5, 0.6) is 0 Å². The summed E-state index contributed by atoms with van der Waals surface area (Å²) < 4.78 is 30.8. The summed E-state index contributed by atoms with van der Waals surface area (Å²) in [6.45, 7) is 4.00. The molecule has 0 atom stereocenters. The molecule has 0 aliphatic carbocycles. The summed E-state index contributed by atoms with van der Waals surface area (Å²) >= 11 is 1.23. The SMILES string of the molecule is CCOC(=O)c1c(-c2ccc(CC)cc2)csc1NC(=O)c1ccc(S(=O)(=O)N(C)C)cc1. The second-order valence-electron chi connectivity index (χ2n) is 7.39. The van der Waals surface area contributed by atoms with E-state index < -0.39 is 21.9 Å². The van der Waals surface area contributed by atoms with Crippen LogP contribution in [0, 0.1) is 0 Å². The van der Waals surface area contributed by atoms with Crippen LogP contribution in [0.4, 0.5) is 5.00 Å². The first kappa shape index (κ1) is 24.6. The number of amides is 1. The van der Waals surface area contributed by atoms with Crippen LogP contribution in [0.25, 0.3) is 11.1 Å². The molecule has 7 nitrogen and oxygen atoms in total. The maximum Gasteiger partial charge on any atom is 0.341 e. The summed E-state index contributed by atoms with van der Waals surface area (Å²) in [6.07, 6.45) is 0.907. The molecule has 3 aromatic rings. The van der Waals surface area contributed by atoms with Crippen molar-refractivity contribution >= 4 is 38.2 Å². The van der Waals surface area contributed by atoms with Gasteiger partial charge in [0.25, 0.3) is 5.91 Å². The number of carbonyl (C=O) groups is 2. The highest BCUT2D eigenvalue weighted by atomic mass is 32.2. The van der Waals surface area contributed by atoms with E-state index in [1.807, 2.05) is 29.6 Å². The molecule has 1 heterocycles. The van der Waals surface area contributed by atoms with Crippen molar-refractivity contribution in [3.8, 4) is 11.1 Å². The van der Waals surface area contributed by atoms with Gasteiger partial charge in [-0.15, -0.1) is 11.3 Å². The number of hydrogen-bond donors (Lipinski definition) is 1. The van der Waals surface area contributed by atoms with Crippen LogP contribution in [0.1, 0.15) is 40.1 Å². The summed E-state index contributed by atoms with van der Waals surface area (Å²) in [5.74, 6) is -0.972.